The first kappa shape index (κ1) is 15.8. The van der Waals surface area contributed by atoms with Crippen LogP contribution in [0.4, 0.5) is 19.0 Å². The van der Waals surface area contributed by atoms with Gasteiger partial charge in [-0.1, -0.05) is 0 Å². The highest BCUT2D eigenvalue weighted by Crippen LogP contribution is 2.23. The predicted octanol–water partition coefficient (Wildman–Crippen LogP) is 2.60. The van der Waals surface area contributed by atoms with Crippen molar-refractivity contribution in [2.45, 2.75) is 25.9 Å². The summed E-state index contributed by atoms with van der Waals surface area (Å²) in [4.78, 5) is 17.5. The molecule has 1 aromatic heterocycles. The van der Waals surface area contributed by atoms with E-state index in [1.165, 1.54) is 4.90 Å². The highest BCUT2D eigenvalue weighted by atomic mass is 19.4. The summed E-state index contributed by atoms with van der Waals surface area (Å²) in [6.45, 7) is 1.57. The van der Waals surface area contributed by atoms with Crippen LogP contribution in [-0.4, -0.2) is 41.6 Å². The van der Waals surface area contributed by atoms with Crippen LogP contribution < -0.4 is 5.32 Å². The van der Waals surface area contributed by atoms with Crippen LogP contribution in [-0.2, 0) is 4.79 Å². The maximum Gasteiger partial charge on any atom is 0.401 e. The molecule has 0 radical (unpaired) electrons. The molecule has 0 bridgehead atoms. The van der Waals surface area contributed by atoms with Crippen molar-refractivity contribution in [2.24, 2.45) is 5.92 Å². The van der Waals surface area contributed by atoms with Crippen LogP contribution in [0.5, 0.6) is 0 Å². The third-order valence-corrected chi connectivity index (χ3v) is 3.53. The Balaban J connectivity index is 1.83. The maximum absolute atomic E-state index is 12.3. The molecule has 2 rings (SSSR count). The first-order valence-corrected chi connectivity index (χ1v) is 6.86. The van der Waals surface area contributed by atoms with Gasteiger partial charge >= 0.3 is 6.18 Å². The smallest absolute Gasteiger partial charge is 0.310 e. The van der Waals surface area contributed by atoms with Crippen molar-refractivity contribution in [3.8, 4) is 0 Å². The zero-order chi connectivity index (χ0) is 15.5. The molecule has 1 amide bonds. The predicted molar refractivity (Wildman–Crippen MR) is 72.8 cm³/mol. The molecule has 1 saturated heterocycles. The Labute approximate surface area is 121 Å². The van der Waals surface area contributed by atoms with E-state index in [4.69, 9.17) is 0 Å². The zero-order valence-corrected chi connectivity index (χ0v) is 11.8. The first-order valence-electron chi connectivity index (χ1n) is 6.86. The van der Waals surface area contributed by atoms with Crippen molar-refractivity contribution in [3.05, 3.63) is 23.9 Å². The molecule has 0 unspecified atom stereocenters. The Hall–Kier alpha value is -1.63. The molecule has 0 atom stereocenters. The first-order chi connectivity index (χ1) is 9.83. The number of piperidine rings is 1. The van der Waals surface area contributed by atoms with E-state index in [1.807, 2.05) is 13.0 Å². The fourth-order valence-corrected chi connectivity index (χ4v) is 2.44. The quantitative estimate of drug-likeness (QED) is 0.933. The minimum absolute atomic E-state index is 0.167. The Morgan fingerprint density at radius 2 is 2.10 bits per heavy atom. The average Bonchev–Trinajstić information content (AvgIpc) is 2.37. The van der Waals surface area contributed by atoms with Crippen molar-refractivity contribution in [3.63, 3.8) is 0 Å². The number of carbonyl (C=O) groups is 1. The van der Waals surface area contributed by atoms with E-state index in [9.17, 15) is 18.0 Å². The van der Waals surface area contributed by atoms with Gasteiger partial charge in [0.15, 0.2) is 0 Å². The van der Waals surface area contributed by atoms with Crippen molar-refractivity contribution in [1.82, 2.24) is 9.88 Å². The minimum atomic E-state index is -4.18. The highest BCUT2D eigenvalue weighted by molar-refractivity contribution is 5.91. The van der Waals surface area contributed by atoms with E-state index in [0.717, 1.165) is 5.56 Å². The molecule has 2 heterocycles. The number of hydrogen-bond acceptors (Lipinski definition) is 3. The van der Waals surface area contributed by atoms with Crippen LogP contribution >= 0.6 is 0 Å². The summed E-state index contributed by atoms with van der Waals surface area (Å²) in [7, 11) is 0. The Morgan fingerprint density at radius 1 is 1.43 bits per heavy atom. The van der Waals surface area contributed by atoms with Gasteiger partial charge in [-0.2, -0.15) is 13.2 Å². The monoisotopic (exact) mass is 301 g/mol. The average molecular weight is 301 g/mol. The fourth-order valence-electron chi connectivity index (χ4n) is 2.44. The van der Waals surface area contributed by atoms with Crippen molar-refractivity contribution >= 4 is 11.7 Å². The summed E-state index contributed by atoms with van der Waals surface area (Å²) in [5, 5.41) is 2.72. The molecule has 21 heavy (non-hydrogen) atoms. The van der Waals surface area contributed by atoms with Gasteiger partial charge in [-0.25, -0.2) is 4.98 Å². The minimum Gasteiger partial charge on any atom is -0.310 e. The second-order valence-electron chi connectivity index (χ2n) is 5.37. The van der Waals surface area contributed by atoms with Crippen LogP contribution in [0.15, 0.2) is 18.3 Å². The number of carbonyl (C=O) groups excluding carboxylic acids is 1. The topological polar surface area (TPSA) is 45.2 Å². The van der Waals surface area contributed by atoms with E-state index >= 15 is 0 Å². The molecule has 7 heteroatoms. The summed E-state index contributed by atoms with van der Waals surface area (Å²) in [5.41, 5.74) is 0.986. The Kier molecular flexibility index (Phi) is 4.82. The second kappa shape index (κ2) is 6.43. The van der Waals surface area contributed by atoms with Gasteiger partial charge in [-0.3, -0.25) is 9.69 Å². The van der Waals surface area contributed by atoms with Crippen LogP contribution in [0.25, 0.3) is 0 Å². The van der Waals surface area contributed by atoms with Crippen LogP contribution in [0.3, 0.4) is 0 Å². The van der Waals surface area contributed by atoms with E-state index in [-0.39, 0.29) is 11.8 Å². The normalized spacial score (nSPS) is 17.7. The van der Waals surface area contributed by atoms with Gasteiger partial charge in [-0.15, -0.1) is 0 Å². The summed E-state index contributed by atoms with van der Waals surface area (Å²) in [5.74, 6) is 0.0641. The standard InChI is InChI=1S/C14H18F3N3O/c1-10-2-5-18-12(8-10)19-13(21)11-3-6-20(7-4-11)9-14(15,16)17/h2,5,8,11H,3-4,6-7,9H2,1H3,(H,18,19,21). The van der Waals surface area contributed by atoms with Gasteiger partial charge in [0, 0.05) is 12.1 Å². The molecule has 1 fully saturated rings. The highest BCUT2D eigenvalue weighted by Gasteiger charge is 2.33. The molecule has 1 aliphatic rings. The van der Waals surface area contributed by atoms with Crippen LogP contribution in [0, 0.1) is 12.8 Å². The van der Waals surface area contributed by atoms with Gasteiger partial charge in [0.1, 0.15) is 5.82 Å². The number of amides is 1. The number of rotatable bonds is 3. The lowest BCUT2D eigenvalue weighted by molar-refractivity contribution is -0.149. The van der Waals surface area contributed by atoms with E-state index in [1.54, 1.807) is 12.3 Å². The second-order valence-corrected chi connectivity index (χ2v) is 5.37. The number of aryl methyl sites for hydroxylation is 1. The fraction of sp³-hybridized carbons (Fsp3) is 0.571. The van der Waals surface area contributed by atoms with Gasteiger partial charge < -0.3 is 5.32 Å². The zero-order valence-electron chi connectivity index (χ0n) is 11.8. The number of aromatic nitrogens is 1. The molecule has 1 aliphatic heterocycles. The van der Waals surface area contributed by atoms with Gasteiger partial charge in [0.25, 0.3) is 0 Å². The molecular weight excluding hydrogens is 283 g/mol. The number of hydrogen-bond donors (Lipinski definition) is 1. The van der Waals surface area contributed by atoms with E-state index < -0.39 is 12.7 Å². The largest absolute Gasteiger partial charge is 0.401 e. The van der Waals surface area contributed by atoms with E-state index in [2.05, 4.69) is 10.3 Å². The van der Waals surface area contributed by atoms with Crippen LogP contribution in [0.1, 0.15) is 18.4 Å². The summed E-state index contributed by atoms with van der Waals surface area (Å²) >= 11 is 0. The molecule has 0 saturated carbocycles. The molecule has 1 N–H and O–H groups in total. The molecule has 0 aliphatic carbocycles. The van der Waals surface area contributed by atoms with Crippen molar-refractivity contribution < 1.29 is 18.0 Å². The Bertz CT molecular complexity index is 496. The van der Waals surface area contributed by atoms with Crippen LogP contribution in [0.2, 0.25) is 0 Å². The lowest BCUT2D eigenvalue weighted by Crippen LogP contribution is -2.42. The van der Waals surface area contributed by atoms with Gasteiger partial charge in [-0.05, 0) is 50.6 Å². The SMILES string of the molecule is Cc1ccnc(NC(=O)C2CCN(CC(F)(F)F)CC2)c1. The maximum atomic E-state index is 12.3. The summed E-state index contributed by atoms with van der Waals surface area (Å²) in [6, 6.07) is 3.59. The van der Waals surface area contributed by atoms with E-state index in [0.29, 0.717) is 31.7 Å². The Morgan fingerprint density at radius 3 is 2.67 bits per heavy atom. The number of nitrogens with one attached hydrogen (secondary N) is 1. The molecule has 0 spiro atoms. The summed E-state index contributed by atoms with van der Waals surface area (Å²) < 4.78 is 36.9. The number of halogens is 3. The van der Waals surface area contributed by atoms with Crippen molar-refractivity contribution in [2.75, 3.05) is 25.0 Å². The number of pyridine rings is 1. The van der Waals surface area contributed by atoms with Crippen molar-refractivity contribution in [1.29, 1.82) is 0 Å². The number of anilines is 1. The molecule has 1 aromatic rings. The van der Waals surface area contributed by atoms with Gasteiger partial charge in [0.05, 0.1) is 6.54 Å². The molecule has 116 valence electrons. The van der Waals surface area contributed by atoms with Gasteiger partial charge in [0.2, 0.25) is 5.91 Å². The third-order valence-electron chi connectivity index (χ3n) is 3.53. The number of alkyl halides is 3. The number of nitrogens with zero attached hydrogens (tertiary/aromatic N) is 2. The lowest BCUT2D eigenvalue weighted by atomic mass is 9.96. The number of likely N-dealkylation sites (tertiary alicyclic amines) is 1. The lowest BCUT2D eigenvalue weighted by Gasteiger charge is -2.31. The summed E-state index contributed by atoms with van der Waals surface area (Å²) in [6.07, 6.45) is -1.70. The molecule has 4 nitrogen and oxygen atoms in total. The third kappa shape index (κ3) is 5.00. The molecular formula is C14H18F3N3O. The molecule has 0 aromatic carbocycles.